The normalized spacial score (nSPS) is 10.9. The van der Waals surface area contributed by atoms with Crippen LogP contribution in [0.25, 0.3) is 6.08 Å². The second kappa shape index (κ2) is 21.6. The van der Waals surface area contributed by atoms with Gasteiger partial charge in [0.2, 0.25) is 0 Å². The molecule has 0 bridgehead atoms. The molecule has 44 heavy (non-hydrogen) atoms. The van der Waals surface area contributed by atoms with Gasteiger partial charge in [0, 0.05) is 13.5 Å². The van der Waals surface area contributed by atoms with Crippen LogP contribution < -0.4 is 78.8 Å². The largest absolute Gasteiger partial charge is 1.00 e. The third-order valence-corrected chi connectivity index (χ3v) is 5.99. The zero-order valence-electron chi connectivity index (χ0n) is 25.4. The maximum absolute atomic E-state index is 10.8. The molecule has 1 atom stereocenters. The van der Waals surface area contributed by atoms with Gasteiger partial charge in [0.15, 0.2) is 0 Å². The first-order chi connectivity index (χ1) is 20.4. The standard InChI is InChI=1S/C17H18O4.C17H16O4.2Na/c2*1-20-16(17(18)19)11-13-7-9-15(10-8-13)21-12-14-5-3-2-4-6-14;;/h2-10,16H,11-12H2,1H3,(H,18,19);2-11H,12H2,1H3,(H,18,19);;/q;;2*+1/p-2/b;16-11-;;. The number of aliphatic carboxylic acids is 2. The Balaban J connectivity index is 0.000000421. The molecule has 0 spiro atoms. The number of ether oxygens (including phenoxy) is 4. The van der Waals surface area contributed by atoms with Gasteiger partial charge in [-0.25, -0.2) is 0 Å². The molecular weight excluding hydrogens is 582 g/mol. The Morgan fingerprint density at radius 1 is 0.659 bits per heavy atom. The summed E-state index contributed by atoms with van der Waals surface area (Å²) in [6.45, 7) is 0.984. The van der Waals surface area contributed by atoms with Crippen molar-refractivity contribution >= 4 is 18.0 Å². The summed E-state index contributed by atoms with van der Waals surface area (Å²) in [6, 6.07) is 34.1. The van der Waals surface area contributed by atoms with E-state index >= 15 is 0 Å². The van der Waals surface area contributed by atoms with Gasteiger partial charge in [-0.2, -0.15) is 0 Å². The summed E-state index contributed by atoms with van der Waals surface area (Å²) >= 11 is 0. The molecule has 0 fully saturated rings. The van der Waals surface area contributed by atoms with E-state index in [9.17, 15) is 19.8 Å². The van der Waals surface area contributed by atoms with Gasteiger partial charge in [-0.05, 0) is 52.6 Å². The van der Waals surface area contributed by atoms with Gasteiger partial charge in [-0.1, -0.05) is 84.9 Å². The number of rotatable bonds is 13. The second-order valence-corrected chi connectivity index (χ2v) is 9.01. The second-order valence-electron chi connectivity index (χ2n) is 9.01. The summed E-state index contributed by atoms with van der Waals surface area (Å²) in [6.07, 6.45) is 0.745. The molecule has 0 aliphatic carbocycles. The molecule has 4 rings (SSSR count). The molecule has 0 heterocycles. The Hall–Kier alpha value is -3.08. The van der Waals surface area contributed by atoms with Crippen LogP contribution in [0, 0.1) is 0 Å². The van der Waals surface area contributed by atoms with Crippen LogP contribution in [0.5, 0.6) is 11.5 Å². The Morgan fingerprint density at radius 3 is 1.50 bits per heavy atom. The van der Waals surface area contributed by atoms with E-state index in [1.54, 1.807) is 24.3 Å². The van der Waals surface area contributed by atoms with Gasteiger partial charge in [0.25, 0.3) is 0 Å². The van der Waals surface area contributed by atoms with Gasteiger partial charge in [-0.3, -0.25) is 0 Å². The van der Waals surface area contributed by atoms with E-state index in [4.69, 9.17) is 18.9 Å². The fraction of sp³-hybridized carbons (Fsp3) is 0.176. The number of carboxylic acids is 2. The molecule has 0 radical (unpaired) electrons. The van der Waals surface area contributed by atoms with Crippen molar-refractivity contribution in [3.05, 3.63) is 137 Å². The van der Waals surface area contributed by atoms with Crippen LogP contribution in [0.3, 0.4) is 0 Å². The zero-order chi connectivity index (χ0) is 30.2. The molecular formula is C34H32Na2O8. The van der Waals surface area contributed by atoms with Crippen molar-refractivity contribution in [2.24, 2.45) is 0 Å². The number of carbonyl (C=O) groups excluding carboxylic acids is 2. The Morgan fingerprint density at radius 2 is 1.11 bits per heavy atom. The van der Waals surface area contributed by atoms with E-state index in [0.717, 1.165) is 22.4 Å². The Bertz CT molecular complexity index is 1410. The molecule has 0 N–H and O–H groups in total. The molecule has 4 aromatic carbocycles. The van der Waals surface area contributed by atoms with E-state index in [2.05, 4.69) is 0 Å². The molecule has 0 aliphatic heterocycles. The molecule has 8 nitrogen and oxygen atoms in total. The topological polar surface area (TPSA) is 117 Å². The number of carbonyl (C=O) groups is 2. The fourth-order valence-electron chi connectivity index (χ4n) is 3.69. The van der Waals surface area contributed by atoms with Crippen molar-refractivity contribution < 1.29 is 97.9 Å². The van der Waals surface area contributed by atoms with Crippen molar-refractivity contribution in [1.82, 2.24) is 0 Å². The van der Waals surface area contributed by atoms with Crippen LogP contribution in [0.4, 0.5) is 0 Å². The molecule has 10 heteroatoms. The van der Waals surface area contributed by atoms with E-state index < -0.39 is 18.0 Å². The third-order valence-electron chi connectivity index (χ3n) is 5.99. The van der Waals surface area contributed by atoms with Crippen molar-refractivity contribution in [2.75, 3.05) is 14.2 Å². The fourth-order valence-corrected chi connectivity index (χ4v) is 3.69. The van der Waals surface area contributed by atoms with Gasteiger partial charge >= 0.3 is 59.1 Å². The van der Waals surface area contributed by atoms with Crippen molar-refractivity contribution in [3.8, 4) is 11.5 Å². The smallest absolute Gasteiger partial charge is 0.547 e. The van der Waals surface area contributed by atoms with Gasteiger partial charge in [-0.15, -0.1) is 0 Å². The van der Waals surface area contributed by atoms with Crippen molar-refractivity contribution in [2.45, 2.75) is 25.7 Å². The maximum atomic E-state index is 10.8. The minimum atomic E-state index is -1.35. The van der Waals surface area contributed by atoms with E-state index in [0.29, 0.717) is 24.5 Å². The first-order valence-electron chi connectivity index (χ1n) is 13.1. The summed E-state index contributed by atoms with van der Waals surface area (Å²) in [5.41, 5.74) is 3.74. The van der Waals surface area contributed by atoms with Crippen LogP contribution in [0.2, 0.25) is 0 Å². The Labute approximate surface area is 302 Å². The molecule has 0 saturated heterocycles. The summed E-state index contributed by atoms with van der Waals surface area (Å²) in [4.78, 5) is 21.5. The van der Waals surface area contributed by atoms with Crippen LogP contribution in [-0.2, 0) is 38.7 Å². The average Bonchev–Trinajstić information content (AvgIpc) is 3.02. The molecule has 218 valence electrons. The summed E-state index contributed by atoms with van der Waals surface area (Å²) in [7, 11) is 2.65. The van der Waals surface area contributed by atoms with E-state index in [1.165, 1.54) is 20.3 Å². The number of benzene rings is 4. The predicted octanol–water partition coefficient (Wildman–Crippen LogP) is -2.42. The quantitative estimate of drug-likeness (QED) is 0.0929. The third kappa shape index (κ3) is 14.1. The predicted molar refractivity (Wildman–Crippen MR) is 154 cm³/mol. The minimum Gasteiger partial charge on any atom is -0.547 e. The number of hydrogen-bond donors (Lipinski definition) is 0. The van der Waals surface area contributed by atoms with E-state index in [-0.39, 0.29) is 71.3 Å². The molecule has 0 amide bonds. The molecule has 0 saturated carbocycles. The zero-order valence-corrected chi connectivity index (χ0v) is 29.4. The van der Waals surface area contributed by atoms with Crippen LogP contribution >= 0.6 is 0 Å². The minimum absolute atomic E-state index is 0. The average molecular weight is 615 g/mol. The molecule has 0 aliphatic rings. The van der Waals surface area contributed by atoms with Crippen LogP contribution in [0.15, 0.2) is 115 Å². The SMILES string of the molecule is CO/C(=C\c1ccc(OCc2ccccc2)cc1)C(=O)[O-].COC(Cc1ccc(OCc2ccccc2)cc1)C(=O)[O-].[Na+].[Na+]. The van der Waals surface area contributed by atoms with Crippen molar-refractivity contribution in [3.63, 3.8) is 0 Å². The summed E-state index contributed by atoms with van der Waals surface area (Å²) in [5.74, 6) is -1.31. The summed E-state index contributed by atoms with van der Waals surface area (Å²) in [5, 5.41) is 21.5. The first kappa shape index (κ1) is 38.9. The molecule has 4 aromatic rings. The summed E-state index contributed by atoms with van der Waals surface area (Å²) < 4.78 is 20.9. The van der Waals surface area contributed by atoms with E-state index in [1.807, 2.05) is 84.9 Å². The monoisotopic (exact) mass is 614 g/mol. The number of carboxylic acid groups (broad SMARTS) is 2. The number of methoxy groups -OCH3 is 2. The molecule has 1 unspecified atom stereocenters. The number of hydrogen-bond acceptors (Lipinski definition) is 8. The van der Waals surface area contributed by atoms with Crippen LogP contribution in [-0.4, -0.2) is 32.3 Å². The van der Waals surface area contributed by atoms with Gasteiger partial charge < -0.3 is 38.7 Å². The molecule has 0 aromatic heterocycles. The Kier molecular flexibility index (Phi) is 19.1. The van der Waals surface area contributed by atoms with Crippen molar-refractivity contribution in [1.29, 1.82) is 0 Å². The van der Waals surface area contributed by atoms with Gasteiger partial charge in [0.1, 0.15) is 42.5 Å². The first-order valence-corrected chi connectivity index (χ1v) is 13.1. The van der Waals surface area contributed by atoms with Gasteiger partial charge in [0.05, 0.1) is 13.1 Å². The maximum Gasteiger partial charge on any atom is 1.00 e. The van der Waals surface area contributed by atoms with Crippen LogP contribution in [0.1, 0.15) is 22.3 Å².